The van der Waals surface area contributed by atoms with Gasteiger partial charge in [0.05, 0.1) is 14.6 Å². The number of halogens is 1. The van der Waals surface area contributed by atoms with Crippen molar-refractivity contribution in [3.63, 3.8) is 0 Å². The molecule has 19 heavy (non-hydrogen) atoms. The molecule has 1 amide bonds. The van der Waals surface area contributed by atoms with Gasteiger partial charge < -0.3 is 10.4 Å². The first-order chi connectivity index (χ1) is 8.90. The maximum absolute atomic E-state index is 11.9. The lowest BCUT2D eigenvalue weighted by Crippen LogP contribution is -2.32. The van der Waals surface area contributed by atoms with Crippen molar-refractivity contribution in [1.29, 1.82) is 0 Å². The number of carbonyl (C=O) groups excluding carboxylic acids is 1. The van der Waals surface area contributed by atoms with Gasteiger partial charge in [-0.15, -0.1) is 11.3 Å². The van der Waals surface area contributed by atoms with E-state index in [9.17, 15) is 9.59 Å². The molecular formula is C13H18BrNO3S. The van der Waals surface area contributed by atoms with Crippen LogP contribution < -0.4 is 5.32 Å². The SMILES string of the molecule is CC(CCCC(C)C(=O)O)NC(=O)c1ccc(Br)s1. The number of rotatable bonds is 7. The molecule has 1 aromatic heterocycles. The fraction of sp³-hybridized carbons (Fsp3) is 0.538. The Morgan fingerprint density at radius 2 is 2.05 bits per heavy atom. The van der Waals surface area contributed by atoms with Gasteiger partial charge in [0.25, 0.3) is 5.91 Å². The molecule has 1 heterocycles. The molecule has 2 unspecified atom stereocenters. The molecular weight excluding hydrogens is 330 g/mol. The third kappa shape index (κ3) is 5.74. The molecule has 2 N–H and O–H groups in total. The molecule has 1 rings (SSSR count). The summed E-state index contributed by atoms with van der Waals surface area (Å²) in [6.07, 6.45) is 2.22. The molecule has 0 saturated heterocycles. The average molecular weight is 348 g/mol. The molecule has 0 aliphatic carbocycles. The van der Waals surface area contributed by atoms with Crippen molar-refractivity contribution in [3.8, 4) is 0 Å². The van der Waals surface area contributed by atoms with Crippen molar-refractivity contribution in [2.45, 2.75) is 39.2 Å². The minimum Gasteiger partial charge on any atom is -0.481 e. The van der Waals surface area contributed by atoms with E-state index in [1.807, 2.05) is 13.0 Å². The molecule has 4 nitrogen and oxygen atoms in total. The number of hydrogen-bond acceptors (Lipinski definition) is 3. The molecule has 2 atom stereocenters. The zero-order chi connectivity index (χ0) is 14.4. The van der Waals surface area contributed by atoms with Crippen LogP contribution in [0, 0.1) is 5.92 Å². The fourth-order valence-electron chi connectivity index (χ4n) is 1.66. The first-order valence-corrected chi connectivity index (χ1v) is 7.80. The van der Waals surface area contributed by atoms with E-state index in [-0.39, 0.29) is 17.9 Å². The first-order valence-electron chi connectivity index (χ1n) is 6.19. The van der Waals surface area contributed by atoms with Crippen LogP contribution in [0.4, 0.5) is 0 Å². The van der Waals surface area contributed by atoms with Gasteiger partial charge >= 0.3 is 5.97 Å². The summed E-state index contributed by atoms with van der Waals surface area (Å²) in [5.41, 5.74) is 0. The van der Waals surface area contributed by atoms with E-state index in [0.717, 1.165) is 16.6 Å². The van der Waals surface area contributed by atoms with Crippen LogP contribution in [0.2, 0.25) is 0 Å². The number of nitrogens with one attached hydrogen (secondary N) is 1. The molecule has 0 aliphatic rings. The Kier molecular flexibility index (Phi) is 6.51. The second kappa shape index (κ2) is 7.65. The summed E-state index contributed by atoms with van der Waals surface area (Å²) in [4.78, 5) is 23.2. The number of hydrogen-bond donors (Lipinski definition) is 2. The lowest BCUT2D eigenvalue weighted by Gasteiger charge is -2.13. The predicted molar refractivity (Wildman–Crippen MR) is 79.6 cm³/mol. The van der Waals surface area contributed by atoms with Gasteiger partial charge in [0.2, 0.25) is 0 Å². The quantitative estimate of drug-likeness (QED) is 0.792. The minimum absolute atomic E-state index is 0.0503. The smallest absolute Gasteiger partial charge is 0.306 e. The van der Waals surface area contributed by atoms with Crippen LogP contribution in [0.5, 0.6) is 0 Å². The standard InChI is InChI=1S/C13H18BrNO3S/c1-8(13(17)18)4-3-5-9(2)15-12(16)10-6-7-11(14)19-10/h6-9H,3-5H2,1-2H3,(H,15,16)(H,17,18). The summed E-state index contributed by atoms with van der Waals surface area (Å²) < 4.78 is 0.931. The maximum atomic E-state index is 11.9. The van der Waals surface area contributed by atoms with Crippen molar-refractivity contribution in [2.24, 2.45) is 5.92 Å². The highest BCUT2D eigenvalue weighted by Crippen LogP contribution is 2.22. The highest BCUT2D eigenvalue weighted by molar-refractivity contribution is 9.11. The van der Waals surface area contributed by atoms with Crippen molar-refractivity contribution in [2.75, 3.05) is 0 Å². The van der Waals surface area contributed by atoms with Crippen LogP contribution in [-0.2, 0) is 4.79 Å². The summed E-state index contributed by atoms with van der Waals surface area (Å²) in [7, 11) is 0. The Bertz CT molecular complexity index is 447. The minimum atomic E-state index is -0.764. The van der Waals surface area contributed by atoms with Crippen molar-refractivity contribution < 1.29 is 14.7 Å². The molecule has 1 aromatic rings. The van der Waals surface area contributed by atoms with Gasteiger partial charge in [-0.25, -0.2) is 0 Å². The lowest BCUT2D eigenvalue weighted by atomic mass is 10.0. The molecule has 0 bridgehead atoms. The van der Waals surface area contributed by atoms with E-state index in [0.29, 0.717) is 11.3 Å². The van der Waals surface area contributed by atoms with Gasteiger partial charge in [0.15, 0.2) is 0 Å². The lowest BCUT2D eigenvalue weighted by molar-refractivity contribution is -0.141. The van der Waals surface area contributed by atoms with Crippen LogP contribution in [0.15, 0.2) is 15.9 Å². The van der Waals surface area contributed by atoms with Crippen molar-refractivity contribution in [3.05, 3.63) is 20.8 Å². The largest absolute Gasteiger partial charge is 0.481 e. The van der Waals surface area contributed by atoms with Gasteiger partial charge in [-0.05, 0) is 47.8 Å². The number of aliphatic carboxylic acids is 1. The van der Waals surface area contributed by atoms with Crippen LogP contribution in [0.3, 0.4) is 0 Å². The molecule has 0 saturated carbocycles. The second-order valence-corrected chi connectivity index (χ2v) is 7.11. The number of carboxylic acid groups (broad SMARTS) is 1. The molecule has 0 aliphatic heterocycles. The van der Waals surface area contributed by atoms with Crippen molar-refractivity contribution >= 4 is 39.1 Å². The van der Waals surface area contributed by atoms with Crippen molar-refractivity contribution in [1.82, 2.24) is 5.32 Å². The zero-order valence-electron chi connectivity index (χ0n) is 11.0. The van der Waals surface area contributed by atoms with Gasteiger partial charge in [-0.1, -0.05) is 13.3 Å². The summed E-state index contributed by atoms with van der Waals surface area (Å²) >= 11 is 4.72. The zero-order valence-corrected chi connectivity index (χ0v) is 13.4. The Balaban J connectivity index is 2.29. The Morgan fingerprint density at radius 3 is 2.58 bits per heavy atom. The van der Waals surface area contributed by atoms with Gasteiger partial charge in [0.1, 0.15) is 0 Å². The van der Waals surface area contributed by atoms with Gasteiger partial charge in [0, 0.05) is 6.04 Å². The Morgan fingerprint density at radius 1 is 1.37 bits per heavy atom. The van der Waals surface area contributed by atoms with Crippen LogP contribution in [0.1, 0.15) is 42.8 Å². The Hall–Kier alpha value is -0.880. The number of amides is 1. The van der Waals surface area contributed by atoms with E-state index >= 15 is 0 Å². The number of carbonyl (C=O) groups is 2. The maximum Gasteiger partial charge on any atom is 0.306 e. The summed E-state index contributed by atoms with van der Waals surface area (Å²) in [6, 6.07) is 3.68. The third-order valence-electron chi connectivity index (χ3n) is 2.87. The van der Waals surface area contributed by atoms with E-state index in [1.165, 1.54) is 11.3 Å². The second-order valence-electron chi connectivity index (χ2n) is 4.65. The highest BCUT2D eigenvalue weighted by Gasteiger charge is 2.14. The van der Waals surface area contributed by atoms with E-state index in [2.05, 4.69) is 21.2 Å². The van der Waals surface area contributed by atoms with Gasteiger partial charge in [-0.2, -0.15) is 0 Å². The molecule has 0 radical (unpaired) electrons. The molecule has 0 fully saturated rings. The average Bonchev–Trinajstić information content (AvgIpc) is 2.75. The highest BCUT2D eigenvalue weighted by atomic mass is 79.9. The topological polar surface area (TPSA) is 66.4 Å². The fourth-order valence-corrected chi connectivity index (χ4v) is 2.95. The van der Waals surface area contributed by atoms with E-state index < -0.39 is 5.97 Å². The van der Waals surface area contributed by atoms with Crippen LogP contribution in [0.25, 0.3) is 0 Å². The van der Waals surface area contributed by atoms with E-state index in [1.54, 1.807) is 13.0 Å². The molecule has 0 spiro atoms. The van der Waals surface area contributed by atoms with Gasteiger partial charge in [-0.3, -0.25) is 9.59 Å². The summed E-state index contributed by atoms with van der Waals surface area (Å²) in [5, 5.41) is 11.7. The third-order valence-corrected chi connectivity index (χ3v) is 4.49. The predicted octanol–water partition coefficient (Wildman–Crippen LogP) is 3.52. The van der Waals surface area contributed by atoms with Crippen LogP contribution >= 0.6 is 27.3 Å². The summed E-state index contributed by atoms with van der Waals surface area (Å²) in [6.45, 7) is 3.64. The normalized spacial score (nSPS) is 13.8. The van der Waals surface area contributed by atoms with E-state index in [4.69, 9.17) is 5.11 Å². The monoisotopic (exact) mass is 347 g/mol. The molecule has 106 valence electrons. The summed E-state index contributed by atoms with van der Waals surface area (Å²) in [5.74, 6) is -1.16. The Labute approximate surface area is 125 Å². The molecule has 0 aromatic carbocycles. The first kappa shape index (κ1) is 16.2. The number of thiophene rings is 1. The van der Waals surface area contributed by atoms with Crippen LogP contribution in [-0.4, -0.2) is 23.0 Å². The number of carboxylic acids is 1. The molecule has 6 heteroatoms.